The van der Waals surface area contributed by atoms with Crippen LogP contribution in [0.2, 0.25) is 0 Å². The van der Waals surface area contributed by atoms with Crippen LogP contribution in [-0.4, -0.2) is 26.6 Å². The Balaban J connectivity index is 1.47. The average Bonchev–Trinajstić information content (AvgIpc) is 3.33. The van der Waals surface area contributed by atoms with Gasteiger partial charge in [-0.05, 0) is 51.5 Å². The van der Waals surface area contributed by atoms with Crippen molar-refractivity contribution < 1.29 is 32.2 Å². The lowest BCUT2D eigenvalue weighted by Crippen LogP contribution is -2.37. The third-order valence-electron chi connectivity index (χ3n) is 5.21. The minimum Gasteiger partial charge on any atom is -0.478 e. The zero-order chi connectivity index (χ0) is 24.7. The van der Waals surface area contributed by atoms with Crippen LogP contribution in [0.25, 0.3) is 21.7 Å². The number of aryl methyl sites for hydroxylation is 3. The first-order valence-corrected chi connectivity index (χ1v) is 11.2. The molecule has 0 atom stereocenters. The van der Waals surface area contributed by atoms with E-state index in [1.807, 2.05) is 6.92 Å². The molecule has 4 aromatic rings. The number of hydrogen-bond donors (Lipinski definition) is 1. The summed E-state index contributed by atoms with van der Waals surface area (Å²) in [5, 5.41) is 9.89. The molecule has 0 aliphatic rings. The predicted molar refractivity (Wildman–Crippen MR) is 121 cm³/mol. The number of carboxylic acids is 1. The number of rotatable bonds is 7. The molecule has 178 valence electrons. The van der Waals surface area contributed by atoms with Gasteiger partial charge in [-0.1, -0.05) is 12.1 Å². The number of oxazole rings is 1. The molecule has 0 fully saturated rings. The van der Waals surface area contributed by atoms with E-state index in [-0.39, 0.29) is 0 Å². The molecule has 0 unspecified atom stereocenters. The highest BCUT2D eigenvalue weighted by Gasteiger charge is 2.30. The molecule has 0 saturated heterocycles. The number of thiazole rings is 1. The average molecular weight is 491 g/mol. The molecule has 0 aliphatic heterocycles. The standard InChI is InChI=1S/C24H21F3N2O4S/c1-13-19(34-21(28-13)14-4-6-15(7-5-14)24(25,26)27)10-11-20-29-17-12-16(8-9-18(17)32-20)33-23(2,3)22(30)31/h4-9,12H,10-11H2,1-3H3,(H,30,31). The van der Waals surface area contributed by atoms with Crippen molar-refractivity contribution in [3.05, 3.63) is 64.5 Å². The number of alkyl halides is 3. The summed E-state index contributed by atoms with van der Waals surface area (Å²) in [5.74, 6) is -0.197. The van der Waals surface area contributed by atoms with E-state index in [9.17, 15) is 23.1 Å². The van der Waals surface area contributed by atoms with Crippen molar-refractivity contribution in [1.82, 2.24) is 9.97 Å². The van der Waals surface area contributed by atoms with E-state index in [1.54, 1.807) is 18.2 Å². The molecule has 2 aromatic carbocycles. The summed E-state index contributed by atoms with van der Waals surface area (Å²) in [7, 11) is 0. The van der Waals surface area contributed by atoms with E-state index in [1.165, 1.54) is 37.3 Å². The molecule has 2 heterocycles. The van der Waals surface area contributed by atoms with Crippen LogP contribution in [0.1, 0.15) is 35.9 Å². The Hall–Kier alpha value is -3.40. The van der Waals surface area contributed by atoms with Gasteiger partial charge in [0.25, 0.3) is 0 Å². The Bertz CT molecular complexity index is 1340. The topological polar surface area (TPSA) is 85.5 Å². The molecule has 0 bridgehead atoms. The van der Waals surface area contributed by atoms with Crippen molar-refractivity contribution >= 4 is 28.4 Å². The van der Waals surface area contributed by atoms with Crippen molar-refractivity contribution in [1.29, 1.82) is 0 Å². The number of hydrogen-bond acceptors (Lipinski definition) is 6. The first kappa shape index (κ1) is 23.7. The fraction of sp³-hybridized carbons (Fsp3) is 0.292. The van der Waals surface area contributed by atoms with Crippen LogP contribution in [0.15, 0.2) is 46.9 Å². The number of carbonyl (C=O) groups is 1. The van der Waals surface area contributed by atoms with Crippen LogP contribution in [0.3, 0.4) is 0 Å². The third-order valence-corrected chi connectivity index (χ3v) is 6.48. The van der Waals surface area contributed by atoms with Gasteiger partial charge in [0.1, 0.15) is 16.3 Å². The van der Waals surface area contributed by atoms with Crippen molar-refractivity contribution in [3.63, 3.8) is 0 Å². The van der Waals surface area contributed by atoms with Crippen LogP contribution < -0.4 is 4.74 Å². The van der Waals surface area contributed by atoms with Gasteiger partial charge in [0.05, 0.1) is 11.3 Å². The Morgan fingerprint density at radius 1 is 1.09 bits per heavy atom. The lowest BCUT2D eigenvalue weighted by molar-refractivity contribution is -0.152. The molecule has 4 rings (SSSR count). The summed E-state index contributed by atoms with van der Waals surface area (Å²) in [6.45, 7) is 4.79. The van der Waals surface area contributed by atoms with Gasteiger partial charge in [-0.3, -0.25) is 0 Å². The van der Waals surface area contributed by atoms with E-state index in [2.05, 4.69) is 9.97 Å². The number of nitrogens with zero attached hydrogens (tertiary/aromatic N) is 2. The lowest BCUT2D eigenvalue weighted by atomic mass is 10.1. The zero-order valence-electron chi connectivity index (χ0n) is 18.6. The van der Waals surface area contributed by atoms with Crippen LogP contribution >= 0.6 is 11.3 Å². The first-order valence-electron chi connectivity index (χ1n) is 10.4. The summed E-state index contributed by atoms with van der Waals surface area (Å²) in [6, 6.07) is 9.91. The quantitative estimate of drug-likeness (QED) is 0.327. The van der Waals surface area contributed by atoms with Gasteiger partial charge in [0.2, 0.25) is 0 Å². The summed E-state index contributed by atoms with van der Waals surface area (Å²) < 4.78 is 49.7. The maximum absolute atomic E-state index is 12.8. The highest BCUT2D eigenvalue weighted by atomic mass is 32.1. The fourth-order valence-electron chi connectivity index (χ4n) is 3.27. The molecule has 10 heteroatoms. The number of benzene rings is 2. The van der Waals surface area contributed by atoms with E-state index < -0.39 is 23.3 Å². The van der Waals surface area contributed by atoms with Crippen molar-refractivity contribution in [2.24, 2.45) is 0 Å². The highest BCUT2D eigenvalue weighted by molar-refractivity contribution is 7.15. The molecule has 6 nitrogen and oxygen atoms in total. The Kier molecular flexibility index (Phi) is 6.11. The molecular formula is C24H21F3N2O4S. The Morgan fingerprint density at radius 2 is 1.79 bits per heavy atom. The van der Waals surface area contributed by atoms with Gasteiger partial charge in [0, 0.05) is 22.9 Å². The van der Waals surface area contributed by atoms with E-state index in [0.29, 0.717) is 46.2 Å². The Labute approximate surface area is 197 Å². The van der Waals surface area contributed by atoms with Crippen molar-refractivity contribution in [2.45, 2.75) is 45.4 Å². The summed E-state index contributed by atoms with van der Waals surface area (Å²) in [5.41, 5.74) is 0.478. The van der Waals surface area contributed by atoms with Crippen molar-refractivity contribution in [2.75, 3.05) is 0 Å². The molecule has 0 aliphatic carbocycles. The normalized spacial score (nSPS) is 12.3. The smallest absolute Gasteiger partial charge is 0.416 e. The number of carboxylic acid groups (broad SMARTS) is 1. The largest absolute Gasteiger partial charge is 0.478 e. The number of aromatic nitrogens is 2. The van der Waals surface area contributed by atoms with Crippen molar-refractivity contribution in [3.8, 4) is 16.3 Å². The lowest BCUT2D eigenvalue weighted by Gasteiger charge is -2.21. The van der Waals surface area contributed by atoms with E-state index in [0.717, 1.165) is 22.7 Å². The van der Waals surface area contributed by atoms with Crippen LogP contribution in [0.5, 0.6) is 5.75 Å². The third kappa shape index (κ3) is 5.06. The van der Waals surface area contributed by atoms with Gasteiger partial charge < -0.3 is 14.3 Å². The molecule has 34 heavy (non-hydrogen) atoms. The Morgan fingerprint density at radius 3 is 2.44 bits per heavy atom. The second-order valence-corrected chi connectivity index (χ2v) is 9.34. The fourth-order valence-corrected chi connectivity index (χ4v) is 4.34. The monoisotopic (exact) mass is 490 g/mol. The number of ether oxygens (including phenoxy) is 1. The van der Waals surface area contributed by atoms with Crippen LogP contribution in [0, 0.1) is 6.92 Å². The van der Waals surface area contributed by atoms with Gasteiger partial charge in [-0.25, -0.2) is 14.8 Å². The molecule has 0 radical (unpaired) electrons. The molecular weight excluding hydrogens is 469 g/mol. The van der Waals surface area contributed by atoms with E-state index >= 15 is 0 Å². The maximum atomic E-state index is 12.8. The first-order chi connectivity index (χ1) is 15.9. The van der Waals surface area contributed by atoms with Gasteiger partial charge in [-0.15, -0.1) is 11.3 Å². The number of aliphatic carboxylic acids is 1. The summed E-state index contributed by atoms with van der Waals surface area (Å²) >= 11 is 1.43. The minimum absolute atomic E-state index is 0.374. The number of fused-ring (bicyclic) bond motifs is 1. The maximum Gasteiger partial charge on any atom is 0.416 e. The second kappa shape index (κ2) is 8.75. The van der Waals surface area contributed by atoms with Gasteiger partial charge in [0.15, 0.2) is 17.1 Å². The van der Waals surface area contributed by atoms with Gasteiger partial charge >= 0.3 is 12.1 Å². The SMILES string of the molecule is Cc1nc(-c2ccc(C(F)(F)F)cc2)sc1CCc1nc2cc(OC(C)(C)C(=O)O)ccc2o1. The van der Waals surface area contributed by atoms with Crippen LogP contribution in [-0.2, 0) is 23.8 Å². The van der Waals surface area contributed by atoms with E-state index in [4.69, 9.17) is 9.15 Å². The molecule has 2 aromatic heterocycles. The summed E-state index contributed by atoms with van der Waals surface area (Å²) in [4.78, 5) is 21.3. The van der Waals surface area contributed by atoms with Gasteiger partial charge in [-0.2, -0.15) is 13.2 Å². The molecule has 0 spiro atoms. The zero-order valence-corrected chi connectivity index (χ0v) is 19.4. The number of halogens is 3. The summed E-state index contributed by atoms with van der Waals surface area (Å²) in [6.07, 6.45) is -3.27. The van der Waals surface area contributed by atoms with Crippen LogP contribution in [0.4, 0.5) is 13.2 Å². The predicted octanol–water partition coefficient (Wildman–Crippen LogP) is 6.31. The second-order valence-electron chi connectivity index (χ2n) is 8.26. The molecule has 0 amide bonds. The minimum atomic E-state index is -4.37. The molecule has 0 saturated carbocycles. The molecule has 1 N–H and O–H groups in total. The highest BCUT2D eigenvalue weighted by Crippen LogP contribution is 2.33.